The molecule has 9 heteroatoms. The highest BCUT2D eigenvalue weighted by molar-refractivity contribution is 5.56. The van der Waals surface area contributed by atoms with Gasteiger partial charge in [-0.25, -0.2) is 14.2 Å². The third kappa shape index (κ3) is 3.01. The minimum atomic E-state index is -0.246. The molecular formula is C19H17N7O2. The molecule has 1 aliphatic heterocycles. The molecule has 0 aromatic carbocycles. The maximum atomic E-state index is 12.5. The van der Waals surface area contributed by atoms with Crippen LogP contribution in [0.15, 0.2) is 66.0 Å². The normalized spacial score (nSPS) is 19.1. The van der Waals surface area contributed by atoms with Crippen molar-refractivity contribution in [3.63, 3.8) is 0 Å². The molecule has 0 amide bonds. The predicted octanol–water partition coefficient (Wildman–Crippen LogP) is 1.40. The number of ether oxygens (including phenoxy) is 1. The Bertz CT molecular complexity index is 1170. The number of rotatable bonds is 4. The number of nitrogens with one attached hydrogen (secondary N) is 1. The molecule has 1 saturated heterocycles. The van der Waals surface area contributed by atoms with Crippen LogP contribution < -0.4 is 10.9 Å². The number of hydrogen-bond acceptors (Lipinski definition) is 7. The number of pyridine rings is 1. The summed E-state index contributed by atoms with van der Waals surface area (Å²) < 4.78 is 8.83. The highest BCUT2D eigenvalue weighted by Gasteiger charge is 2.32. The van der Waals surface area contributed by atoms with Gasteiger partial charge < -0.3 is 10.1 Å². The average molecular weight is 375 g/mol. The van der Waals surface area contributed by atoms with Gasteiger partial charge in [0.15, 0.2) is 5.65 Å². The monoisotopic (exact) mass is 375 g/mol. The van der Waals surface area contributed by atoms with Crippen molar-refractivity contribution in [1.82, 2.24) is 29.4 Å². The molecule has 2 unspecified atom stereocenters. The molecule has 2 atom stereocenters. The average Bonchev–Trinajstić information content (AvgIpc) is 3.38. The topological polar surface area (TPSA) is 99.2 Å². The largest absolute Gasteiger partial charge is 0.377 e. The lowest BCUT2D eigenvalue weighted by atomic mass is 10.1. The summed E-state index contributed by atoms with van der Waals surface area (Å²) in [5.74, 6) is 0.683. The fourth-order valence-corrected chi connectivity index (χ4v) is 3.34. The maximum Gasteiger partial charge on any atom is 0.267 e. The number of aromatic nitrogens is 6. The van der Waals surface area contributed by atoms with E-state index in [-0.39, 0.29) is 17.6 Å². The van der Waals surface area contributed by atoms with E-state index in [1.807, 2.05) is 24.3 Å². The molecule has 0 radical (unpaired) electrons. The van der Waals surface area contributed by atoms with Gasteiger partial charge in [-0.15, -0.1) is 5.10 Å². The third-order valence-corrected chi connectivity index (χ3v) is 4.74. The summed E-state index contributed by atoms with van der Waals surface area (Å²) in [6, 6.07) is 10.4. The van der Waals surface area contributed by atoms with Gasteiger partial charge in [0.1, 0.15) is 11.9 Å². The molecule has 0 spiro atoms. The Morgan fingerprint density at radius 3 is 2.93 bits per heavy atom. The number of anilines is 1. The van der Waals surface area contributed by atoms with Crippen LogP contribution in [0.5, 0.6) is 0 Å². The van der Waals surface area contributed by atoms with Gasteiger partial charge in [-0.2, -0.15) is 5.10 Å². The minimum Gasteiger partial charge on any atom is -0.377 e. The molecule has 5 heterocycles. The third-order valence-electron chi connectivity index (χ3n) is 4.74. The Labute approximate surface area is 159 Å². The summed E-state index contributed by atoms with van der Waals surface area (Å²) in [5.41, 5.74) is 2.14. The van der Waals surface area contributed by atoms with E-state index in [0.29, 0.717) is 24.7 Å². The number of imidazole rings is 1. The van der Waals surface area contributed by atoms with E-state index in [4.69, 9.17) is 4.74 Å². The second kappa shape index (κ2) is 6.86. The summed E-state index contributed by atoms with van der Waals surface area (Å²) in [6.45, 7) is 0.855. The number of nitrogens with zero attached hydrogens (tertiary/aromatic N) is 6. The Kier molecular flexibility index (Phi) is 4.06. The molecule has 1 N–H and O–H groups in total. The molecule has 9 nitrogen and oxygen atoms in total. The number of fused-ring (bicyclic) bond motifs is 1. The fraction of sp³-hybridized carbons (Fsp3) is 0.211. The van der Waals surface area contributed by atoms with E-state index in [1.54, 1.807) is 35.4 Å². The smallest absolute Gasteiger partial charge is 0.267 e. The van der Waals surface area contributed by atoms with E-state index in [0.717, 1.165) is 11.2 Å². The van der Waals surface area contributed by atoms with Crippen LogP contribution in [0.1, 0.15) is 6.04 Å². The zero-order chi connectivity index (χ0) is 18.9. The fourth-order valence-electron chi connectivity index (χ4n) is 3.34. The van der Waals surface area contributed by atoms with Crippen molar-refractivity contribution in [1.29, 1.82) is 0 Å². The standard InChI is InChI=1S/C19H17N7O2/c27-19-6-3-14(13-2-1-7-20-10-13)23-26(19)16-12-28-11-15(16)22-17-4-5-18-21-8-9-25(18)24-17/h1-10,15-16H,11-12H2,(H,22,24). The van der Waals surface area contributed by atoms with Crippen molar-refractivity contribution >= 4 is 11.5 Å². The van der Waals surface area contributed by atoms with Crippen molar-refractivity contribution in [2.24, 2.45) is 0 Å². The van der Waals surface area contributed by atoms with E-state index >= 15 is 0 Å². The summed E-state index contributed by atoms with van der Waals surface area (Å²) in [7, 11) is 0. The molecule has 0 aliphatic carbocycles. The van der Waals surface area contributed by atoms with Gasteiger partial charge in [0, 0.05) is 36.4 Å². The molecule has 5 rings (SSSR count). The highest BCUT2D eigenvalue weighted by atomic mass is 16.5. The van der Waals surface area contributed by atoms with Crippen molar-refractivity contribution in [2.75, 3.05) is 18.5 Å². The second-order valence-corrected chi connectivity index (χ2v) is 6.55. The summed E-state index contributed by atoms with van der Waals surface area (Å²) in [5, 5.41) is 12.4. The van der Waals surface area contributed by atoms with E-state index < -0.39 is 0 Å². The molecular weight excluding hydrogens is 358 g/mol. The molecule has 4 aromatic heterocycles. The van der Waals surface area contributed by atoms with Crippen molar-refractivity contribution in [3.8, 4) is 11.3 Å². The lowest BCUT2D eigenvalue weighted by Gasteiger charge is -2.21. The van der Waals surface area contributed by atoms with Gasteiger partial charge in [0.05, 0.1) is 24.9 Å². The zero-order valence-electron chi connectivity index (χ0n) is 14.8. The molecule has 0 saturated carbocycles. The lowest BCUT2D eigenvalue weighted by Crippen LogP contribution is -2.37. The van der Waals surface area contributed by atoms with Crippen LogP contribution in [0.3, 0.4) is 0 Å². The molecule has 1 aliphatic rings. The van der Waals surface area contributed by atoms with Crippen molar-refractivity contribution in [2.45, 2.75) is 12.1 Å². The van der Waals surface area contributed by atoms with Gasteiger partial charge in [0.2, 0.25) is 0 Å². The zero-order valence-corrected chi connectivity index (χ0v) is 14.8. The summed E-state index contributed by atoms with van der Waals surface area (Å²) in [4.78, 5) is 20.8. The van der Waals surface area contributed by atoms with Crippen LogP contribution in [0.25, 0.3) is 16.9 Å². The first-order chi connectivity index (χ1) is 13.8. The predicted molar refractivity (Wildman–Crippen MR) is 102 cm³/mol. The Morgan fingerprint density at radius 1 is 1.07 bits per heavy atom. The van der Waals surface area contributed by atoms with Gasteiger partial charge in [-0.1, -0.05) is 0 Å². The summed E-state index contributed by atoms with van der Waals surface area (Å²) in [6.07, 6.45) is 6.91. The molecule has 4 aromatic rings. The lowest BCUT2D eigenvalue weighted by molar-refractivity contribution is 0.183. The van der Waals surface area contributed by atoms with E-state index in [2.05, 4.69) is 25.5 Å². The number of hydrogen-bond donors (Lipinski definition) is 1. The Morgan fingerprint density at radius 2 is 2.04 bits per heavy atom. The first-order valence-corrected chi connectivity index (χ1v) is 8.93. The van der Waals surface area contributed by atoms with Crippen molar-refractivity contribution < 1.29 is 4.74 Å². The first kappa shape index (κ1) is 16.6. The Hall–Kier alpha value is -3.59. The van der Waals surface area contributed by atoms with Crippen LogP contribution >= 0.6 is 0 Å². The molecule has 1 fully saturated rings. The van der Waals surface area contributed by atoms with Crippen LogP contribution in [0.2, 0.25) is 0 Å². The van der Waals surface area contributed by atoms with Gasteiger partial charge in [0.25, 0.3) is 5.56 Å². The van der Waals surface area contributed by atoms with Gasteiger partial charge >= 0.3 is 0 Å². The Balaban J connectivity index is 1.45. The second-order valence-electron chi connectivity index (χ2n) is 6.55. The van der Waals surface area contributed by atoms with Gasteiger partial charge in [-0.05, 0) is 30.3 Å². The van der Waals surface area contributed by atoms with Crippen LogP contribution in [0.4, 0.5) is 5.82 Å². The highest BCUT2D eigenvalue weighted by Crippen LogP contribution is 2.22. The maximum absolute atomic E-state index is 12.5. The summed E-state index contributed by atoms with van der Waals surface area (Å²) >= 11 is 0. The van der Waals surface area contributed by atoms with E-state index in [9.17, 15) is 4.79 Å². The van der Waals surface area contributed by atoms with Gasteiger partial charge in [-0.3, -0.25) is 9.78 Å². The van der Waals surface area contributed by atoms with Crippen LogP contribution in [0, 0.1) is 0 Å². The SMILES string of the molecule is O=c1ccc(-c2cccnc2)nn1C1COCC1Nc1ccc2nccn2n1. The van der Waals surface area contributed by atoms with Crippen LogP contribution in [-0.2, 0) is 4.74 Å². The molecule has 28 heavy (non-hydrogen) atoms. The molecule has 140 valence electrons. The minimum absolute atomic E-state index is 0.136. The first-order valence-electron chi connectivity index (χ1n) is 8.93. The molecule has 0 bridgehead atoms. The van der Waals surface area contributed by atoms with Crippen molar-refractivity contribution in [3.05, 3.63) is 71.5 Å². The van der Waals surface area contributed by atoms with E-state index in [1.165, 1.54) is 10.7 Å². The quantitative estimate of drug-likeness (QED) is 0.575. The van der Waals surface area contributed by atoms with Crippen LogP contribution in [-0.4, -0.2) is 48.6 Å².